The molecule has 27 heavy (non-hydrogen) atoms. The fraction of sp³-hybridized carbons (Fsp3) is 0.150. The summed E-state index contributed by atoms with van der Waals surface area (Å²) in [7, 11) is 0. The second-order valence-electron chi connectivity index (χ2n) is 6.15. The molecule has 7 heteroatoms. The molecule has 0 fully saturated rings. The van der Waals surface area contributed by atoms with Gasteiger partial charge in [0.2, 0.25) is 5.90 Å². The van der Waals surface area contributed by atoms with Crippen LogP contribution < -0.4 is 5.32 Å². The number of anilines is 1. The molecule has 4 rings (SSSR count). The Balaban J connectivity index is 1.74. The Hall–Kier alpha value is -3.12. The van der Waals surface area contributed by atoms with E-state index in [0.29, 0.717) is 41.0 Å². The molecule has 0 bridgehead atoms. The summed E-state index contributed by atoms with van der Waals surface area (Å²) in [5, 5.41) is 8.00. The molecule has 2 aromatic carbocycles. The first-order valence-corrected chi connectivity index (χ1v) is 8.89. The highest BCUT2D eigenvalue weighted by Crippen LogP contribution is 2.24. The van der Waals surface area contributed by atoms with E-state index in [4.69, 9.17) is 16.3 Å². The molecule has 1 amide bonds. The number of aryl methyl sites for hydroxylation is 1. The fourth-order valence-electron chi connectivity index (χ4n) is 2.79. The van der Waals surface area contributed by atoms with Crippen LogP contribution in [0.2, 0.25) is 5.02 Å². The van der Waals surface area contributed by atoms with Crippen LogP contribution >= 0.6 is 11.6 Å². The van der Waals surface area contributed by atoms with E-state index < -0.39 is 0 Å². The highest BCUT2D eigenvalue weighted by molar-refractivity contribution is 6.30. The Labute approximate surface area is 161 Å². The van der Waals surface area contributed by atoms with Gasteiger partial charge < -0.3 is 10.1 Å². The number of hydrogen-bond acceptors (Lipinski definition) is 4. The van der Waals surface area contributed by atoms with E-state index >= 15 is 0 Å². The molecule has 0 atom stereocenters. The number of benzene rings is 2. The molecule has 0 radical (unpaired) electrons. The average molecular weight is 381 g/mol. The quantitative estimate of drug-likeness (QED) is 0.747. The summed E-state index contributed by atoms with van der Waals surface area (Å²) in [5.74, 6) is 0.753. The number of aliphatic imine (C=N–C) groups is 1. The van der Waals surface area contributed by atoms with Crippen LogP contribution in [0.25, 0.3) is 5.69 Å². The summed E-state index contributed by atoms with van der Waals surface area (Å²) in [6.07, 6.45) is 1.64. The van der Waals surface area contributed by atoms with Gasteiger partial charge in [0.05, 0.1) is 24.0 Å². The third kappa shape index (κ3) is 3.57. The Kier molecular flexibility index (Phi) is 4.64. The molecule has 1 aromatic heterocycles. The molecule has 0 aliphatic carbocycles. The van der Waals surface area contributed by atoms with Crippen LogP contribution in [-0.4, -0.2) is 34.7 Å². The van der Waals surface area contributed by atoms with Crippen LogP contribution in [0.1, 0.15) is 21.5 Å². The van der Waals surface area contributed by atoms with Crippen molar-refractivity contribution in [2.24, 2.45) is 4.99 Å². The normalized spacial score (nSPS) is 13.2. The van der Waals surface area contributed by atoms with E-state index in [1.165, 1.54) is 0 Å². The van der Waals surface area contributed by atoms with Crippen LogP contribution in [0.3, 0.4) is 0 Å². The van der Waals surface area contributed by atoms with E-state index in [9.17, 15) is 4.79 Å². The molecule has 0 spiro atoms. The van der Waals surface area contributed by atoms with Gasteiger partial charge in [-0.1, -0.05) is 29.3 Å². The Morgan fingerprint density at radius 3 is 2.56 bits per heavy atom. The summed E-state index contributed by atoms with van der Waals surface area (Å²) in [6, 6.07) is 14.6. The first-order chi connectivity index (χ1) is 13.1. The lowest BCUT2D eigenvalue weighted by Crippen LogP contribution is -2.17. The molecular weight excluding hydrogens is 364 g/mol. The zero-order chi connectivity index (χ0) is 18.8. The van der Waals surface area contributed by atoms with Gasteiger partial charge in [-0.2, -0.15) is 5.10 Å². The van der Waals surface area contributed by atoms with Gasteiger partial charge in [0.25, 0.3) is 5.91 Å². The predicted octanol–water partition coefficient (Wildman–Crippen LogP) is 3.86. The number of halogens is 1. The molecule has 1 N–H and O–H groups in total. The smallest absolute Gasteiger partial charge is 0.256 e. The largest absolute Gasteiger partial charge is 0.475 e. The van der Waals surface area contributed by atoms with E-state index in [0.717, 1.165) is 11.3 Å². The van der Waals surface area contributed by atoms with Crippen LogP contribution in [0, 0.1) is 6.92 Å². The lowest BCUT2D eigenvalue weighted by molar-refractivity contribution is 0.102. The van der Waals surface area contributed by atoms with Crippen LogP contribution in [0.5, 0.6) is 0 Å². The lowest BCUT2D eigenvalue weighted by atomic mass is 10.1. The van der Waals surface area contributed by atoms with Gasteiger partial charge in [-0.25, -0.2) is 9.67 Å². The summed E-state index contributed by atoms with van der Waals surface area (Å²) in [5.41, 5.74) is 3.06. The standard InChI is InChI=1S/C20H17ClN4O2/c1-13-2-4-14(5-3-13)19(26)24-18-17(20-22-10-11-27-20)12-23-25(18)16-8-6-15(21)7-9-16/h2-9,12H,10-11H2,1H3,(H,24,26). The zero-order valence-electron chi connectivity index (χ0n) is 14.6. The number of aromatic nitrogens is 2. The van der Waals surface area contributed by atoms with Gasteiger partial charge in [0.1, 0.15) is 12.4 Å². The first kappa shape index (κ1) is 17.3. The maximum Gasteiger partial charge on any atom is 0.256 e. The third-order valence-electron chi connectivity index (χ3n) is 4.20. The van der Waals surface area contributed by atoms with Crippen molar-refractivity contribution >= 4 is 29.2 Å². The Morgan fingerprint density at radius 2 is 1.89 bits per heavy atom. The third-order valence-corrected chi connectivity index (χ3v) is 4.45. The molecule has 136 valence electrons. The van der Waals surface area contributed by atoms with Gasteiger partial charge in [-0.15, -0.1) is 0 Å². The van der Waals surface area contributed by atoms with Crippen LogP contribution in [-0.2, 0) is 4.74 Å². The monoisotopic (exact) mass is 380 g/mol. The molecule has 1 aliphatic heterocycles. The number of nitrogens with zero attached hydrogens (tertiary/aromatic N) is 3. The number of carbonyl (C=O) groups excluding carboxylic acids is 1. The zero-order valence-corrected chi connectivity index (χ0v) is 15.4. The Morgan fingerprint density at radius 1 is 1.15 bits per heavy atom. The summed E-state index contributed by atoms with van der Waals surface area (Å²) in [4.78, 5) is 17.1. The molecule has 0 saturated carbocycles. The average Bonchev–Trinajstić information content (AvgIpc) is 3.33. The van der Waals surface area contributed by atoms with E-state index in [-0.39, 0.29) is 5.91 Å². The molecule has 6 nitrogen and oxygen atoms in total. The van der Waals surface area contributed by atoms with Crippen molar-refractivity contribution in [3.8, 4) is 5.69 Å². The minimum Gasteiger partial charge on any atom is -0.475 e. The maximum atomic E-state index is 12.8. The minimum atomic E-state index is -0.231. The summed E-state index contributed by atoms with van der Waals surface area (Å²) in [6.45, 7) is 3.09. The number of hydrogen-bond donors (Lipinski definition) is 1. The van der Waals surface area contributed by atoms with Gasteiger partial charge in [0, 0.05) is 10.6 Å². The number of ether oxygens (including phenoxy) is 1. The second kappa shape index (κ2) is 7.25. The van der Waals surface area contributed by atoms with Crippen molar-refractivity contribution in [2.45, 2.75) is 6.92 Å². The highest BCUT2D eigenvalue weighted by atomic mass is 35.5. The lowest BCUT2D eigenvalue weighted by Gasteiger charge is -2.12. The van der Waals surface area contributed by atoms with Gasteiger partial charge in [-0.3, -0.25) is 4.79 Å². The Bertz CT molecular complexity index is 1010. The van der Waals surface area contributed by atoms with Gasteiger partial charge in [-0.05, 0) is 43.3 Å². The van der Waals surface area contributed by atoms with Crippen molar-refractivity contribution in [3.63, 3.8) is 0 Å². The maximum absolute atomic E-state index is 12.8. The minimum absolute atomic E-state index is 0.231. The van der Waals surface area contributed by atoms with Gasteiger partial charge in [0.15, 0.2) is 0 Å². The summed E-state index contributed by atoms with van der Waals surface area (Å²) >= 11 is 5.99. The van der Waals surface area contributed by atoms with Crippen LogP contribution in [0.15, 0.2) is 59.7 Å². The van der Waals surface area contributed by atoms with Crippen molar-refractivity contribution in [1.82, 2.24) is 9.78 Å². The van der Waals surface area contributed by atoms with Crippen molar-refractivity contribution < 1.29 is 9.53 Å². The summed E-state index contributed by atoms with van der Waals surface area (Å²) < 4.78 is 7.22. The van der Waals surface area contributed by atoms with Crippen molar-refractivity contribution in [1.29, 1.82) is 0 Å². The van der Waals surface area contributed by atoms with Crippen molar-refractivity contribution in [3.05, 3.63) is 76.4 Å². The van der Waals surface area contributed by atoms with E-state index in [1.54, 1.807) is 35.1 Å². The molecule has 2 heterocycles. The SMILES string of the molecule is Cc1ccc(C(=O)Nc2c(C3=NCCO3)cnn2-c2ccc(Cl)cc2)cc1. The van der Waals surface area contributed by atoms with E-state index in [2.05, 4.69) is 15.4 Å². The number of amides is 1. The van der Waals surface area contributed by atoms with Gasteiger partial charge >= 0.3 is 0 Å². The first-order valence-electron chi connectivity index (χ1n) is 8.51. The number of carbonyl (C=O) groups is 1. The molecule has 3 aromatic rings. The topological polar surface area (TPSA) is 68.5 Å². The molecule has 0 saturated heterocycles. The van der Waals surface area contributed by atoms with Crippen LogP contribution in [0.4, 0.5) is 5.82 Å². The molecule has 0 unspecified atom stereocenters. The molecule has 1 aliphatic rings. The second-order valence-corrected chi connectivity index (χ2v) is 6.59. The van der Waals surface area contributed by atoms with E-state index in [1.807, 2.05) is 31.2 Å². The predicted molar refractivity (Wildman–Crippen MR) is 105 cm³/mol. The highest BCUT2D eigenvalue weighted by Gasteiger charge is 2.22. The fourth-order valence-corrected chi connectivity index (χ4v) is 2.91. The number of rotatable bonds is 4. The number of nitrogens with one attached hydrogen (secondary N) is 1. The van der Waals surface area contributed by atoms with Crippen molar-refractivity contribution in [2.75, 3.05) is 18.5 Å². The molecular formula is C20H17ClN4O2.